The largest absolute Gasteiger partial charge is 0.398 e. The summed E-state index contributed by atoms with van der Waals surface area (Å²) in [5, 5.41) is 5.05. The molecule has 1 aromatic carbocycles. The fourth-order valence-corrected chi connectivity index (χ4v) is 1.44. The molecule has 5 heteroatoms. The SMILES string of the molecule is CNC(=O)C(C)NC(=O)c1cccc(C)c1N. The second-order valence-electron chi connectivity index (χ2n) is 3.85. The fourth-order valence-electron chi connectivity index (χ4n) is 1.44. The van der Waals surface area contributed by atoms with E-state index < -0.39 is 6.04 Å². The maximum atomic E-state index is 11.9. The number of aryl methyl sites for hydroxylation is 1. The van der Waals surface area contributed by atoms with Gasteiger partial charge in [-0.05, 0) is 25.5 Å². The first-order valence-electron chi connectivity index (χ1n) is 5.35. The number of benzene rings is 1. The maximum Gasteiger partial charge on any atom is 0.254 e. The molecule has 0 aromatic heterocycles. The number of nitrogens with one attached hydrogen (secondary N) is 2. The third kappa shape index (κ3) is 2.96. The summed E-state index contributed by atoms with van der Waals surface area (Å²) < 4.78 is 0. The number of rotatable bonds is 3. The van der Waals surface area contributed by atoms with Crippen LogP contribution < -0.4 is 16.4 Å². The fraction of sp³-hybridized carbons (Fsp3) is 0.333. The second kappa shape index (κ2) is 5.34. The molecule has 0 aliphatic heterocycles. The van der Waals surface area contributed by atoms with Crippen LogP contribution in [0.2, 0.25) is 0 Å². The lowest BCUT2D eigenvalue weighted by Gasteiger charge is -2.14. The summed E-state index contributed by atoms with van der Waals surface area (Å²) in [6.45, 7) is 3.44. The Labute approximate surface area is 100 Å². The van der Waals surface area contributed by atoms with Gasteiger partial charge in [-0.1, -0.05) is 12.1 Å². The van der Waals surface area contributed by atoms with E-state index in [1.165, 1.54) is 7.05 Å². The van der Waals surface area contributed by atoms with Gasteiger partial charge in [0, 0.05) is 12.7 Å². The molecule has 0 spiro atoms. The smallest absolute Gasteiger partial charge is 0.254 e. The first kappa shape index (κ1) is 13.0. The molecule has 1 aromatic rings. The van der Waals surface area contributed by atoms with Gasteiger partial charge in [-0.25, -0.2) is 0 Å². The lowest BCUT2D eigenvalue weighted by molar-refractivity contribution is -0.122. The zero-order valence-electron chi connectivity index (χ0n) is 10.2. The number of para-hydroxylation sites is 1. The number of hydrogen-bond acceptors (Lipinski definition) is 3. The number of nitrogen functional groups attached to an aromatic ring is 1. The van der Waals surface area contributed by atoms with E-state index in [1.807, 2.05) is 13.0 Å². The number of nitrogens with two attached hydrogens (primary N) is 1. The first-order chi connectivity index (χ1) is 7.97. The molecule has 0 radical (unpaired) electrons. The summed E-state index contributed by atoms with van der Waals surface area (Å²) in [7, 11) is 1.52. The summed E-state index contributed by atoms with van der Waals surface area (Å²) in [6, 6.07) is 4.63. The zero-order chi connectivity index (χ0) is 13.0. The Morgan fingerprint density at radius 2 is 2.00 bits per heavy atom. The summed E-state index contributed by atoms with van der Waals surface area (Å²) in [6.07, 6.45) is 0. The van der Waals surface area contributed by atoms with Crippen molar-refractivity contribution in [1.82, 2.24) is 10.6 Å². The van der Waals surface area contributed by atoms with Crippen LogP contribution in [0.3, 0.4) is 0 Å². The van der Waals surface area contributed by atoms with Crippen LogP contribution in [-0.2, 0) is 4.79 Å². The van der Waals surface area contributed by atoms with Gasteiger partial charge >= 0.3 is 0 Å². The van der Waals surface area contributed by atoms with Gasteiger partial charge in [0.2, 0.25) is 5.91 Å². The van der Waals surface area contributed by atoms with Crippen LogP contribution >= 0.6 is 0 Å². The van der Waals surface area contributed by atoms with Crippen molar-refractivity contribution in [1.29, 1.82) is 0 Å². The normalized spacial score (nSPS) is 11.7. The summed E-state index contributed by atoms with van der Waals surface area (Å²) >= 11 is 0. The van der Waals surface area contributed by atoms with Crippen molar-refractivity contribution < 1.29 is 9.59 Å². The molecule has 92 valence electrons. The Morgan fingerprint density at radius 1 is 1.35 bits per heavy atom. The highest BCUT2D eigenvalue weighted by atomic mass is 16.2. The molecule has 0 aliphatic carbocycles. The van der Waals surface area contributed by atoms with Crippen molar-refractivity contribution >= 4 is 17.5 Å². The van der Waals surface area contributed by atoms with E-state index in [4.69, 9.17) is 5.73 Å². The Hall–Kier alpha value is -2.04. The predicted octanol–water partition coefficient (Wildman–Crippen LogP) is 0.442. The maximum absolute atomic E-state index is 11.9. The highest BCUT2D eigenvalue weighted by molar-refractivity contribution is 6.01. The monoisotopic (exact) mass is 235 g/mol. The molecule has 5 nitrogen and oxygen atoms in total. The molecule has 0 fully saturated rings. The molecule has 0 aliphatic rings. The van der Waals surface area contributed by atoms with Crippen LogP contribution in [-0.4, -0.2) is 24.9 Å². The molecule has 0 heterocycles. The first-order valence-corrected chi connectivity index (χ1v) is 5.35. The number of anilines is 1. The summed E-state index contributed by atoms with van der Waals surface area (Å²) in [4.78, 5) is 23.2. The zero-order valence-corrected chi connectivity index (χ0v) is 10.2. The van der Waals surface area contributed by atoms with E-state index in [9.17, 15) is 9.59 Å². The van der Waals surface area contributed by atoms with Gasteiger partial charge in [-0.2, -0.15) is 0 Å². The molecule has 4 N–H and O–H groups in total. The lowest BCUT2D eigenvalue weighted by Crippen LogP contribution is -2.43. The quantitative estimate of drug-likeness (QED) is 0.665. The van der Waals surface area contributed by atoms with Gasteiger partial charge in [0.05, 0.1) is 5.56 Å². The standard InChI is InChI=1S/C12H17N3O2/c1-7-5-4-6-9(10(7)13)12(17)15-8(2)11(16)14-3/h4-6,8H,13H2,1-3H3,(H,14,16)(H,15,17). The van der Waals surface area contributed by atoms with Crippen LogP contribution in [0.15, 0.2) is 18.2 Å². The second-order valence-corrected chi connectivity index (χ2v) is 3.85. The van der Waals surface area contributed by atoms with Crippen molar-refractivity contribution in [2.45, 2.75) is 19.9 Å². The molecular weight excluding hydrogens is 218 g/mol. The van der Waals surface area contributed by atoms with Gasteiger partial charge in [-0.15, -0.1) is 0 Å². The molecule has 0 saturated heterocycles. The van der Waals surface area contributed by atoms with E-state index >= 15 is 0 Å². The molecular formula is C12H17N3O2. The number of amides is 2. The Morgan fingerprint density at radius 3 is 2.59 bits per heavy atom. The van der Waals surface area contributed by atoms with Crippen molar-refractivity contribution in [2.75, 3.05) is 12.8 Å². The number of carbonyl (C=O) groups is 2. The predicted molar refractivity (Wildman–Crippen MR) is 66.6 cm³/mol. The molecule has 1 rings (SSSR count). The average molecular weight is 235 g/mol. The van der Waals surface area contributed by atoms with Crippen molar-refractivity contribution in [2.24, 2.45) is 0 Å². The van der Waals surface area contributed by atoms with Crippen molar-refractivity contribution in [3.05, 3.63) is 29.3 Å². The third-order valence-corrected chi connectivity index (χ3v) is 2.56. The van der Waals surface area contributed by atoms with E-state index in [2.05, 4.69) is 10.6 Å². The molecule has 0 bridgehead atoms. The van der Waals surface area contributed by atoms with Crippen LogP contribution in [0, 0.1) is 6.92 Å². The molecule has 17 heavy (non-hydrogen) atoms. The highest BCUT2D eigenvalue weighted by Gasteiger charge is 2.17. The van der Waals surface area contributed by atoms with Gasteiger partial charge in [0.1, 0.15) is 6.04 Å². The molecule has 1 unspecified atom stereocenters. The summed E-state index contributed by atoms with van der Waals surface area (Å²) in [5.74, 6) is -0.591. The number of hydrogen-bond donors (Lipinski definition) is 3. The Bertz CT molecular complexity index is 443. The van der Waals surface area contributed by atoms with E-state index in [1.54, 1.807) is 19.1 Å². The van der Waals surface area contributed by atoms with Crippen molar-refractivity contribution in [3.8, 4) is 0 Å². The van der Waals surface area contributed by atoms with Gasteiger partial charge < -0.3 is 16.4 Å². The van der Waals surface area contributed by atoms with E-state index in [-0.39, 0.29) is 11.8 Å². The Kier molecular flexibility index (Phi) is 4.09. The third-order valence-electron chi connectivity index (χ3n) is 2.56. The van der Waals surface area contributed by atoms with Crippen LogP contribution in [0.1, 0.15) is 22.8 Å². The van der Waals surface area contributed by atoms with E-state index in [0.717, 1.165) is 5.56 Å². The number of likely N-dealkylation sites (N-methyl/N-ethyl adjacent to an activating group) is 1. The van der Waals surface area contributed by atoms with Crippen LogP contribution in [0.4, 0.5) is 5.69 Å². The average Bonchev–Trinajstić information content (AvgIpc) is 2.31. The lowest BCUT2D eigenvalue weighted by atomic mass is 10.1. The Balaban J connectivity index is 2.84. The molecule has 0 saturated carbocycles. The summed E-state index contributed by atoms with van der Waals surface area (Å²) in [5.41, 5.74) is 7.47. The van der Waals surface area contributed by atoms with Crippen molar-refractivity contribution in [3.63, 3.8) is 0 Å². The minimum Gasteiger partial charge on any atom is -0.398 e. The minimum absolute atomic E-state index is 0.246. The van der Waals surface area contributed by atoms with Crippen LogP contribution in [0.5, 0.6) is 0 Å². The van der Waals surface area contributed by atoms with E-state index in [0.29, 0.717) is 11.3 Å². The van der Waals surface area contributed by atoms with Gasteiger partial charge in [-0.3, -0.25) is 9.59 Å². The van der Waals surface area contributed by atoms with Gasteiger partial charge in [0.15, 0.2) is 0 Å². The highest BCUT2D eigenvalue weighted by Crippen LogP contribution is 2.16. The van der Waals surface area contributed by atoms with Gasteiger partial charge in [0.25, 0.3) is 5.91 Å². The molecule has 1 atom stereocenters. The van der Waals surface area contributed by atoms with Crippen LogP contribution in [0.25, 0.3) is 0 Å². The minimum atomic E-state index is -0.590. The number of carbonyl (C=O) groups excluding carboxylic acids is 2. The molecule has 2 amide bonds. The topological polar surface area (TPSA) is 84.2 Å².